The molecular weight excluding hydrogens is 312 g/mol. The van der Waals surface area contributed by atoms with Crippen molar-refractivity contribution in [3.8, 4) is 0 Å². The quantitative estimate of drug-likeness (QED) is 0.409. The molecule has 1 fully saturated rings. The molecule has 0 spiro atoms. The number of rotatable bonds is 9. The fourth-order valence-electron chi connectivity index (χ4n) is 3.48. The molecule has 1 aliphatic heterocycles. The molecule has 0 radical (unpaired) electrons. The Balaban J connectivity index is 1.87. The molecule has 140 valence electrons. The van der Waals surface area contributed by atoms with Crippen molar-refractivity contribution in [3.05, 3.63) is 29.8 Å². The molecule has 1 aromatic rings. The lowest BCUT2D eigenvalue weighted by Crippen LogP contribution is -2.68. The zero-order chi connectivity index (χ0) is 17.9. The number of ether oxygens (including phenoxy) is 1. The van der Waals surface area contributed by atoms with E-state index in [9.17, 15) is 5.11 Å². The Bertz CT molecular complexity index is 524. The van der Waals surface area contributed by atoms with Crippen LogP contribution in [0.1, 0.15) is 64.4 Å². The van der Waals surface area contributed by atoms with E-state index in [4.69, 9.17) is 4.74 Å². The van der Waals surface area contributed by atoms with Crippen molar-refractivity contribution >= 4 is 11.8 Å². The molecular formula is C21H35N2O2+. The van der Waals surface area contributed by atoms with Crippen LogP contribution in [0, 0.1) is 0 Å². The molecule has 1 atom stereocenters. The number of benzene rings is 1. The molecule has 0 bridgehead atoms. The van der Waals surface area contributed by atoms with Gasteiger partial charge >= 0.3 is 6.08 Å². The molecule has 0 aromatic heterocycles. The maximum atomic E-state index is 10.2. The van der Waals surface area contributed by atoms with Crippen LogP contribution >= 0.6 is 0 Å². The van der Waals surface area contributed by atoms with E-state index < -0.39 is 0 Å². The largest absolute Gasteiger partial charge is 0.551 e. The van der Waals surface area contributed by atoms with Crippen molar-refractivity contribution in [2.45, 2.75) is 71.3 Å². The van der Waals surface area contributed by atoms with Crippen molar-refractivity contribution in [3.63, 3.8) is 0 Å². The van der Waals surface area contributed by atoms with Gasteiger partial charge in [0.2, 0.25) is 5.69 Å². The maximum absolute atomic E-state index is 10.2. The highest BCUT2D eigenvalue weighted by atomic mass is 16.6. The zero-order valence-electron chi connectivity index (χ0n) is 16.0. The molecule has 0 unspecified atom stereocenters. The summed E-state index contributed by atoms with van der Waals surface area (Å²) >= 11 is 0. The Hall–Kier alpha value is -1.55. The normalized spacial score (nSPS) is 17.4. The van der Waals surface area contributed by atoms with Crippen molar-refractivity contribution in [2.24, 2.45) is 0 Å². The van der Waals surface area contributed by atoms with Crippen LogP contribution < -0.4 is 4.99 Å². The van der Waals surface area contributed by atoms with E-state index in [1.807, 2.05) is 19.1 Å². The summed E-state index contributed by atoms with van der Waals surface area (Å²) in [6.45, 7) is 7.39. The summed E-state index contributed by atoms with van der Waals surface area (Å²) in [5, 5.41) is 10.2. The van der Waals surface area contributed by atoms with Crippen molar-refractivity contribution < 1.29 is 14.8 Å². The molecule has 4 heteroatoms. The van der Waals surface area contributed by atoms with Crippen LogP contribution in [-0.2, 0) is 11.2 Å². The molecule has 25 heavy (non-hydrogen) atoms. The zero-order valence-corrected chi connectivity index (χ0v) is 16.0. The number of aliphatic hydroxyl groups is 1. The molecule has 0 aliphatic carbocycles. The molecule has 0 saturated carbocycles. The Morgan fingerprint density at radius 3 is 2.68 bits per heavy atom. The smallest absolute Gasteiger partial charge is 0.430 e. The molecule has 0 amide bonds. The van der Waals surface area contributed by atoms with Crippen LogP contribution in [0.5, 0.6) is 0 Å². The summed E-state index contributed by atoms with van der Waals surface area (Å²) < 4.78 is 5.67. The van der Waals surface area contributed by atoms with Crippen LogP contribution in [0.3, 0.4) is 0 Å². The van der Waals surface area contributed by atoms with E-state index in [0.29, 0.717) is 0 Å². The predicted molar refractivity (Wildman–Crippen MR) is 103 cm³/mol. The monoisotopic (exact) mass is 347 g/mol. The predicted octanol–water partition coefficient (Wildman–Crippen LogP) is 3.33. The number of likely N-dealkylation sites (tertiary alicyclic amines) is 1. The second kappa shape index (κ2) is 11.1. The number of para-hydroxylation sites is 1. The van der Waals surface area contributed by atoms with Gasteiger partial charge in [-0.25, -0.2) is 0 Å². The van der Waals surface area contributed by atoms with E-state index in [2.05, 4.69) is 28.9 Å². The number of piperidine rings is 1. The van der Waals surface area contributed by atoms with Crippen LogP contribution in [0.4, 0.5) is 5.69 Å². The van der Waals surface area contributed by atoms with Crippen molar-refractivity contribution in [2.75, 3.05) is 19.6 Å². The van der Waals surface area contributed by atoms with Gasteiger partial charge in [-0.2, -0.15) is 0 Å². The van der Waals surface area contributed by atoms with Crippen LogP contribution in [0.15, 0.2) is 24.3 Å². The first-order valence-corrected chi connectivity index (χ1v) is 9.99. The average Bonchev–Trinajstić information content (AvgIpc) is 2.60. The molecule has 4 nitrogen and oxygen atoms in total. The van der Waals surface area contributed by atoms with E-state index in [1.165, 1.54) is 50.5 Å². The van der Waals surface area contributed by atoms with E-state index in [0.717, 1.165) is 31.7 Å². The summed E-state index contributed by atoms with van der Waals surface area (Å²) in [7, 11) is 0. The molecule has 1 heterocycles. The highest BCUT2D eigenvalue weighted by Crippen LogP contribution is 2.14. The molecule has 1 saturated heterocycles. The van der Waals surface area contributed by atoms with Gasteiger partial charge in [-0.1, -0.05) is 50.8 Å². The highest BCUT2D eigenvalue weighted by molar-refractivity contribution is 5.59. The third-order valence-corrected chi connectivity index (χ3v) is 4.84. The number of unbranched alkanes of at least 4 members (excludes halogenated alkanes) is 3. The topological polar surface area (TPSA) is 46.7 Å². The third kappa shape index (κ3) is 7.47. The SMILES string of the molecule is CCCCCCc1ccccc1[NH+]=C(O)O[C@H](C)CN1CCCCC1. The third-order valence-electron chi connectivity index (χ3n) is 4.84. The Kier molecular flexibility index (Phi) is 8.81. The number of nitrogens with one attached hydrogen (secondary N) is 1. The number of aryl methyl sites for hydroxylation is 1. The summed E-state index contributed by atoms with van der Waals surface area (Å²) in [6, 6.07) is 8.17. The van der Waals surface area contributed by atoms with Crippen LogP contribution in [-0.4, -0.2) is 41.8 Å². The Morgan fingerprint density at radius 2 is 1.92 bits per heavy atom. The number of hydrogen-bond acceptors (Lipinski definition) is 2. The van der Waals surface area contributed by atoms with Crippen LogP contribution in [0.25, 0.3) is 0 Å². The first-order chi connectivity index (χ1) is 12.2. The van der Waals surface area contributed by atoms with E-state index in [1.54, 1.807) is 0 Å². The second-order valence-electron chi connectivity index (χ2n) is 7.19. The minimum Gasteiger partial charge on any atom is -0.430 e. The Morgan fingerprint density at radius 1 is 1.16 bits per heavy atom. The summed E-state index contributed by atoms with van der Waals surface area (Å²) in [5.41, 5.74) is 2.18. The standard InChI is InChI=1S/C21H34N2O2/c1-3-4-5-7-12-19-13-8-9-14-20(19)22-21(24)25-18(2)17-23-15-10-6-11-16-23/h8-9,13-14,18H,3-7,10-12,15-17H2,1-2H3,(H,22,24)/p+1/t18-/m1/s1. The number of hydrogen-bond donors (Lipinski definition) is 2. The molecule has 2 N–H and O–H groups in total. The molecule has 1 aromatic carbocycles. The number of nitrogens with zero attached hydrogens (tertiary/aromatic N) is 1. The highest BCUT2D eigenvalue weighted by Gasteiger charge is 2.18. The van der Waals surface area contributed by atoms with Gasteiger partial charge in [0.25, 0.3) is 0 Å². The van der Waals surface area contributed by atoms with Gasteiger partial charge in [-0.05, 0) is 45.7 Å². The first-order valence-electron chi connectivity index (χ1n) is 9.99. The summed E-state index contributed by atoms with van der Waals surface area (Å²) in [5.74, 6) is 0. The maximum Gasteiger partial charge on any atom is 0.551 e. The minimum absolute atomic E-state index is 0.0256. The van der Waals surface area contributed by atoms with E-state index >= 15 is 0 Å². The van der Waals surface area contributed by atoms with Gasteiger partial charge in [-0.15, -0.1) is 4.99 Å². The average molecular weight is 348 g/mol. The summed E-state index contributed by atoms with van der Waals surface area (Å²) in [4.78, 5) is 5.47. The van der Waals surface area contributed by atoms with Crippen molar-refractivity contribution in [1.82, 2.24) is 4.90 Å². The van der Waals surface area contributed by atoms with Crippen LogP contribution in [0.2, 0.25) is 0 Å². The molecule has 1 aliphatic rings. The summed E-state index contributed by atoms with van der Waals surface area (Å²) in [6.07, 6.45) is 9.75. The molecule has 2 rings (SSSR count). The van der Waals surface area contributed by atoms with Gasteiger partial charge in [-0.3, -0.25) is 4.90 Å². The minimum atomic E-state index is -0.0921. The lowest BCUT2D eigenvalue weighted by molar-refractivity contribution is -0.384. The van der Waals surface area contributed by atoms with Gasteiger partial charge < -0.3 is 9.84 Å². The Labute approximate surface area is 152 Å². The first kappa shape index (κ1) is 19.8. The number of aliphatic hydroxyl groups excluding tert-OH is 1. The fourth-order valence-corrected chi connectivity index (χ4v) is 3.48. The van der Waals surface area contributed by atoms with E-state index in [-0.39, 0.29) is 12.2 Å². The second-order valence-corrected chi connectivity index (χ2v) is 7.19. The lowest BCUT2D eigenvalue weighted by Gasteiger charge is -2.28. The van der Waals surface area contributed by atoms with Gasteiger partial charge in [0.05, 0.1) is 0 Å². The van der Waals surface area contributed by atoms with Gasteiger partial charge in [0.15, 0.2) is 0 Å². The van der Waals surface area contributed by atoms with Gasteiger partial charge in [0.1, 0.15) is 6.10 Å². The van der Waals surface area contributed by atoms with Crippen molar-refractivity contribution in [1.29, 1.82) is 0 Å². The fraction of sp³-hybridized carbons (Fsp3) is 0.667. The lowest BCUT2D eigenvalue weighted by atomic mass is 10.0. The van der Waals surface area contributed by atoms with Gasteiger partial charge in [0, 0.05) is 18.2 Å².